The van der Waals surface area contributed by atoms with Crippen LogP contribution in [0.4, 0.5) is 11.4 Å². The molecule has 2 amide bonds. The monoisotopic (exact) mass is 476 g/mol. The zero-order chi connectivity index (χ0) is 24.3. The molecule has 3 aromatic carbocycles. The summed E-state index contributed by atoms with van der Waals surface area (Å²) in [6.45, 7) is 4.12. The summed E-state index contributed by atoms with van der Waals surface area (Å²) >= 11 is 0. The van der Waals surface area contributed by atoms with Gasteiger partial charge in [-0.3, -0.25) is 14.5 Å². The number of hydrogen-bond acceptors (Lipinski definition) is 5. The molecule has 0 aliphatic carbocycles. The number of para-hydroxylation sites is 1. The van der Waals surface area contributed by atoms with Crippen molar-refractivity contribution in [3.8, 4) is 5.75 Å². The van der Waals surface area contributed by atoms with E-state index in [1.165, 1.54) is 12.0 Å². The molecule has 0 bridgehead atoms. The minimum absolute atomic E-state index is 0.200. The summed E-state index contributed by atoms with van der Waals surface area (Å²) in [6.07, 6.45) is 0. The van der Waals surface area contributed by atoms with Gasteiger partial charge in [-0.25, -0.2) is 8.42 Å². The van der Waals surface area contributed by atoms with E-state index in [-0.39, 0.29) is 6.54 Å². The van der Waals surface area contributed by atoms with Gasteiger partial charge >= 0.3 is 0 Å². The highest BCUT2D eigenvalue weighted by atomic mass is 32.2. The van der Waals surface area contributed by atoms with Crippen LogP contribution in [0.1, 0.15) is 22.3 Å². The molecule has 0 aromatic heterocycles. The molecule has 5 rings (SSSR count). The van der Waals surface area contributed by atoms with E-state index < -0.39 is 32.3 Å². The molecular formula is C26H24N2O5S. The van der Waals surface area contributed by atoms with E-state index in [0.29, 0.717) is 22.7 Å². The van der Waals surface area contributed by atoms with E-state index in [2.05, 4.69) is 0 Å². The van der Waals surface area contributed by atoms with Gasteiger partial charge in [-0.15, -0.1) is 0 Å². The predicted octanol–water partition coefficient (Wildman–Crippen LogP) is 3.47. The highest BCUT2D eigenvalue weighted by Crippen LogP contribution is 2.52. The molecule has 1 spiro atoms. The molecule has 34 heavy (non-hydrogen) atoms. The average Bonchev–Trinajstić information content (AvgIpc) is 3.19. The maximum atomic E-state index is 14.2. The molecule has 0 unspecified atom stereocenters. The highest BCUT2D eigenvalue weighted by molar-refractivity contribution is 7.94. The van der Waals surface area contributed by atoms with E-state index in [0.717, 1.165) is 21.6 Å². The van der Waals surface area contributed by atoms with Crippen LogP contribution in [0, 0.1) is 13.8 Å². The van der Waals surface area contributed by atoms with Crippen molar-refractivity contribution in [1.82, 2.24) is 0 Å². The maximum Gasteiger partial charge on any atom is 0.274 e. The van der Waals surface area contributed by atoms with Crippen molar-refractivity contribution in [2.24, 2.45) is 0 Å². The lowest BCUT2D eigenvalue weighted by Crippen LogP contribution is -2.54. The Morgan fingerprint density at radius 1 is 0.971 bits per heavy atom. The van der Waals surface area contributed by atoms with Gasteiger partial charge in [0.2, 0.25) is 5.91 Å². The van der Waals surface area contributed by atoms with E-state index in [1.807, 2.05) is 32.0 Å². The number of amides is 2. The van der Waals surface area contributed by atoms with Crippen molar-refractivity contribution >= 4 is 33.0 Å². The molecule has 1 fully saturated rings. The normalized spacial score (nSPS) is 20.8. The molecule has 2 heterocycles. The van der Waals surface area contributed by atoms with E-state index in [9.17, 15) is 18.0 Å². The number of nitrogens with zero attached hydrogens (tertiary/aromatic N) is 2. The Bertz CT molecular complexity index is 1430. The fourth-order valence-corrected chi connectivity index (χ4v) is 6.95. The second kappa shape index (κ2) is 7.70. The summed E-state index contributed by atoms with van der Waals surface area (Å²) in [5.41, 5.74) is 4.06. The number of benzene rings is 3. The van der Waals surface area contributed by atoms with Crippen molar-refractivity contribution in [3.63, 3.8) is 0 Å². The topological polar surface area (TPSA) is 84.0 Å². The standard InChI is InChI=1S/C26H24N2O5S/c1-17-8-9-18(2)19(14-17)15-27-23-7-5-4-6-22(23)26(25(27)30)28(24(29)16-34(26,31)32)20-10-12-21(33-3)13-11-20/h4-14H,15-16H2,1-3H3/t26-/m0/s1. The van der Waals surface area contributed by atoms with Crippen LogP contribution in [0.5, 0.6) is 5.75 Å². The Hall–Kier alpha value is -3.65. The second-order valence-electron chi connectivity index (χ2n) is 8.67. The van der Waals surface area contributed by atoms with Gasteiger partial charge in [0.1, 0.15) is 11.5 Å². The summed E-state index contributed by atoms with van der Waals surface area (Å²) in [7, 11) is -2.68. The number of carbonyl (C=O) groups excluding carboxylic acids is 2. The SMILES string of the molecule is COc1ccc(N2C(=O)CS(=O)(=O)[C@@]23C(=O)N(Cc2cc(C)ccc2C)c2ccccc23)cc1. The summed E-state index contributed by atoms with van der Waals surface area (Å²) in [5.74, 6) is -1.46. The number of rotatable bonds is 4. The lowest BCUT2D eigenvalue weighted by atomic mass is 10.0. The van der Waals surface area contributed by atoms with Gasteiger partial charge < -0.3 is 9.64 Å². The smallest absolute Gasteiger partial charge is 0.274 e. The summed E-state index contributed by atoms with van der Waals surface area (Å²) in [4.78, 5) is 27.8. The maximum absolute atomic E-state index is 14.2. The number of hydrogen-bond donors (Lipinski definition) is 0. The van der Waals surface area contributed by atoms with Crippen molar-refractivity contribution in [2.75, 3.05) is 22.7 Å². The van der Waals surface area contributed by atoms with Crippen LogP contribution in [0.2, 0.25) is 0 Å². The molecule has 0 N–H and O–H groups in total. The summed E-state index contributed by atoms with van der Waals surface area (Å²) in [6, 6.07) is 19.3. The van der Waals surface area contributed by atoms with Crippen molar-refractivity contribution < 1.29 is 22.7 Å². The van der Waals surface area contributed by atoms with Crippen molar-refractivity contribution in [3.05, 3.63) is 89.0 Å². The molecule has 2 aliphatic rings. The molecule has 1 saturated heterocycles. The van der Waals surface area contributed by atoms with Crippen molar-refractivity contribution in [2.45, 2.75) is 25.3 Å². The lowest BCUT2D eigenvalue weighted by Gasteiger charge is -2.32. The van der Waals surface area contributed by atoms with Crippen molar-refractivity contribution in [1.29, 1.82) is 0 Å². The molecule has 3 aromatic rings. The molecule has 8 heteroatoms. The van der Waals surface area contributed by atoms with E-state index in [1.54, 1.807) is 48.5 Å². The summed E-state index contributed by atoms with van der Waals surface area (Å²) in [5, 5.41) is 0. The zero-order valence-electron chi connectivity index (χ0n) is 19.1. The number of sulfone groups is 1. The minimum Gasteiger partial charge on any atom is -0.497 e. The van der Waals surface area contributed by atoms with Crippen LogP contribution in [0.15, 0.2) is 66.7 Å². The minimum atomic E-state index is -4.20. The fraction of sp³-hybridized carbons (Fsp3) is 0.231. The average molecular weight is 477 g/mol. The van der Waals surface area contributed by atoms with Crippen LogP contribution in [-0.4, -0.2) is 33.1 Å². The number of methoxy groups -OCH3 is 1. The number of fused-ring (bicyclic) bond motifs is 2. The Kier molecular flexibility index (Phi) is 5.02. The lowest BCUT2D eigenvalue weighted by molar-refractivity contribution is -0.123. The number of ether oxygens (including phenoxy) is 1. The molecule has 1 atom stereocenters. The van der Waals surface area contributed by atoms with Gasteiger partial charge in [0.05, 0.1) is 19.3 Å². The molecule has 0 saturated carbocycles. The first-order chi connectivity index (χ1) is 16.2. The second-order valence-corrected chi connectivity index (χ2v) is 10.8. The van der Waals surface area contributed by atoms with Gasteiger partial charge in [0.15, 0.2) is 9.84 Å². The van der Waals surface area contributed by atoms with Crippen LogP contribution >= 0.6 is 0 Å². The molecule has 174 valence electrons. The zero-order valence-corrected chi connectivity index (χ0v) is 19.9. The first-order valence-corrected chi connectivity index (χ1v) is 12.5. The Morgan fingerprint density at radius 3 is 2.38 bits per heavy atom. The Morgan fingerprint density at radius 2 is 1.68 bits per heavy atom. The van der Waals surface area contributed by atoms with Crippen LogP contribution in [0.3, 0.4) is 0 Å². The third-order valence-electron chi connectivity index (χ3n) is 6.59. The first-order valence-electron chi connectivity index (χ1n) is 10.9. The van der Waals surface area contributed by atoms with Gasteiger partial charge in [-0.2, -0.15) is 0 Å². The molecular weight excluding hydrogens is 452 g/mol. The molecule has 0 radical (unpaired) electrons. The van der Waals surface area contributed by atoms with Crippen LogP contribution < -0.4 is 14.5 Å². The van der Waals surface area contributed by atoms with Crippen LogP contribution in [0.25, 0.3) is 0 Å². The van der Waals surface area contributed by atoms with E-state index in [4.69, 9.17) is 4.74 Å². The van der Waals surface area contributed by atoms with Crippen LogP contribution in [-0.2, 0) is 30.8 Å². The predicted molar refractivity (Wildman–Crippen MR) is 129 cm³/mol. The van der Waals surface area contributed by atoms with Gasteiger partial charge in [0, 0.05) is 11.3 Å². The molecule has 2 aliphatic heterocycles. The third-order valence-corrected chi connectivity index (χ3v) is 8.69. The summed E-state index contributed by atoms with van der Waals surface area (Å²) < 4.78 is 32.5. The Balaban J connectivity index is 1.72. The molecule has 7 nitrogen and oxygen atoms in total. The van der Waals surface area contributed by atoms with Gasteiger partial charge in [-0.05, 0) is 55.3 Å². The quantitative estimate of drug-likeness (QED) is 0.576. The number of anilines is 2. The fourth-order valence-electron chi connectivity index (χ4n) is 4.92. The van der Waals surface area contributed by atoms with E-state index >= 15 is 0 Å². The highest BCUT2D eigenvalue weighted by Gasteiger charge is 2.69. The number of aryl methyl sites for hydroxylation is 2. The largest absolute Gasteiger partial charge is 0.497 e. The van der Waals surface area contributed by atoms with Gasteiger partial charge in [-0.1, -0.05) is 42.0 Å². The Labute approximate surface area is 198 Å². The van der Waals surface area contributed by atoms with Gasteiger partial charge in [0.25, 0.3) is 10.8 Å². The number of carbonyl (C=O) groups is 2. The first kappa shape index (κ1) is 22.2. The third kappa shape index (κ3) is 2.98.